The first kappa shape index (κ1) is 59.1. The van der Waals surface area contributed by atoms with E-state index >= 15 is 0 Å². The number of carbonyl (C=O) groups excluding carboxylic acids is 2. The van der Waals surface area contributed by atoms with E-state index < -0.39 is 18.2 Å². The summed E-state index contributed by atoms with van der Waals surface area (Å²) in [6.07, 6.45) is 57.8. The quantitative estimate of drug-likeness (QED) is 0.0322. The number of hydrogen-bond acceptors (Lipinski definition) is 5. The minimum absolute atomic E-state index is 0.0657. The largest absolute Gasteiger partial charge is 0.462 e. The maximum Gasteiger partial charge on any atom is 0.306 e. The van der Waals surface area contributed by atoms with Gasteiger partial charge in [-0.3, -0.25) is 9.59 Å². The molecule has 0 saturated carbocycles. The number of carbonyl (C=O) groups is 2. The molecule has 0 aromatic carbocycles. The van der Waals surface area contributed by atoms with Crippen molar-refractivity contribution in [2.75, 3.05) is 6.61 Å². The van der Waals surface area contributed by atoms with Gasteiger partial charge in [0.15, 0.2) is 0 Å². The number of hydrogen-bond donors (Lipinski definition) is 3. The summed E-state index contributed by atoms with van der Waals surface area (Å²) < 4.78 is 5.92. The fourth-order valence-electron chi connectivity index (χ4n) is 8.10. The average Bonchev–Trinajstić information content (AvgIpc) is 3.25. The molecule has 3 atom stereocenters. The summed E-state index contributed by atoms with van der Waals surface area (Å²) in [4.78, 5) is 26.1. The van der Waals surface area contributed by atoms with Crippen LogP contribution in [0.5, 0.6) is 0 Å². The number of allylic oxidation sites excluding steroid dienone is 6. The van der Waals surface area contributed by atoms with Crippen LogP contribution in [0.25, 0.3) is 0 Å². The Hall–Kier alpha value is -1.92. The van der Waals surface area contributed by atoms with Crippen molar-refractivity contribution in [1.82, 2.24) is 5.32 Å². The van der Waals surface area contributed by atoms with E-state index in [-0.39, 0.29) is 24.9 Å². The van der Waals surface area contributed by atoms with Crippen LogP contribution in [0.15, 0.2) is 36.5 Å². The zero-order valence-corrected chi connectivity index (χ0v) is 40.8. The number of unbranched alkanes of at least 4 members (excludes halogenated alkanes) is 30. The second-order valence-electron chi connectivity index (χ2n) is 18.3. The molecular weight excluding hydrogens is 755 g/mol. The number of rotatable bonds is 48. The van der Waals surface area contributed by atoms with Gasteiger partial charge in [0.05, 0.1) is 25.2 Å². The van der Waals surface area contributed by atoms with Gasteiger partial charge in [0.1, 0.15) is 6.10 Å². The molecule has 0 aromatic heterocycles. The van der Waals surface area contributed by atoms with E-state index in [1.165, 1.54) is 154 Å². The Kier molecular flexibility index (Phi) is 47.6. The summed E-state index contributed by atoms with van der Waals surface area (Å²) in [5, 5.41) is 23.8. The standard InChI is InChI=1S/C55H103NO5/c1-4-7-10-13-16-19-22-24-26-27-29-31-33-36-39-42-45-48-55(60)61-51(46-43-40-37-34-21-18-15-12-9-6-3)49-54(59)56-52(50-57)53(58)47-44-41-38-35-32-30-28-25-23-20-17-14-11-8-5-2/h16,18-19,21,24,26,51-53,57-58H,4-15,17,20,22-23,25,27-50H2,1-3H3,(H,56,59)/b19-16-,21-18-,26-24-. The van der Waals surface area contributed by atoms with Gasteiger partial charge in [-0.2, -0.15) is 0 Å². The summed E-state index contributed by atoms with van der Waals surface area (Å²) in [5.74, 6) is -0.491. The van der Waals surface area contributed by atoms with Crippen molar-refractivity contribution < 1.29 is 24.5 Å². The molecule has 0 aliphatic carbocycles. The number of ether oxygens (including phenoxy) is 1. The minimum Gasteiger partial charge on any atom is -0.462 e. The second kappa shape index (κ2) is 49.1. The number of aliphatic hydroxyl groups excluding tert-OH is 2. The second-order valence-corrected chi connectivity index (χ2v) is 18.3. The summed E-state index contributed by atoms with van der Waals surface area (Å²) >= 11 is 0. The Morgan fingerprint density at radius 1 is 0.475 bits per heavy atom. The summed E-state index contributed by atoms with van der Waals surface area (Å²) in [5.41, 5.74) is 0. The molecule has 0 bridgehead atoms. The van der Waals surface area contributed by atoms with E-state index in [1.54, 1.807) is 0 Å². The highest BCUT2D eigenvalue weighted by molar-refractivity contribution is 5.77. The molecule has 3 unspecified atom stereocenters. The van der Waals surface area contributed by atoms with Crippen molar-refractivity contribution in [2.45, 2.75) is 296 Å². The third-order valence-corrected chi connectivity index (χ3v) is 12.2. The average molecular weight is 858 g/mol. The Labute approximate surface area is 379 Å². The molecule has 358 valence electrons. The van der Waals surface area contributed by atoms with E-state index in [1.807, 2.05) is 0 Å². The lowest BCUT2D eigenvalue weighted by molar-refractivity contribution is -0.151. The molecular formula is C55H103NO5. The third kappa shape index (κ3) is 44.5. The number of esters is 1. The van der Waals surface area contributed by atoms with Crippen LogP contribution in [0.2, 0.25) is 0 Å². The van der Waals surface area contributed by atoms with Gasteiger partial charge in [0.25, 0.3) is 0 Å². The molecule has 0 aliphatic rings. The van der Waals surface area contributed by atoms with E-state index in [0.29, 0.717) is 19.3 Å². The molecule has 0 saturated heterocycles. The fourth-order valence-corrected chi connectivity index (χ4v) is 8.10. The lowest BCUT2D eigenvalue weighted by Gasteiger charge is -2.24. The van der Waals surface area contributed by atoms with Gasteiger partial charge in [-0.25, -0.2) is 0 Å². The maximum atomic E-state index is 13.2. The van der Waals surface area contributed by atoms with Crippen LogP contribution in [-0.2, 0) is 14.3 Å². The summed E-state index contributed by atoms with van der Waals surface area (Å²) in [6, 6.07) is -0.705. The van der Waals surface area contributed by atoms with E-state index in [4.69, 9.17) is 4.74 Å². The fraction of sp³-hybridized carbons (Fsp3) is 0.855. The monoisotopic (exact) mass is 858 g/mol. The van der Waals surface area contributed by atoms with Gasteiger partial charge in [-0.1, -0.05) is 218 Å². The summed E-state index contributed by atoms with van der Waals surface area (Å²) in [7, 11) is 0. The van der Waals surface area contributed by atoms with Gasteiger partial charge < -0.3 is 20.3 Å². The van der Waals surface area contributed by atoms with E-state index in [9.17, 15) is 19.8 Å². The predicted molar refractivity (Wildman–Crippen MR) is 264 cm³/mol. The van der Waals surface area contributed by atoms with Crippen molar-refractivity contribution in [3.8, 4) is 0 Å². The minimum atomic E-state index is -0.791. The van der Waals surface area contributed by atoms with Gasteiger partial charge in [-0.05, 0) is 83.5 Å². The van der Waals surface area contributed by atoms with Crippen LogP contribution in [0.1, 0.15) is 278 Å². The molecule has 0 aliphatic heterocycles. The Balaban J connectivity index is 4.47. The van der Waals surface area contributed by atoms with Gasteiger partial charge in [0.2, 0.25) is 5.91 Å². The van der Waals surface area contributed by atoms with Crippen molar-refractivity contribution in [1.29, 1.82) is 0 Å². The molecule has 0 spiro atoms. The van der Waals surface area contributed by atoms with Crippen LogP contribution >= 0.6 is 0 Å². The highest BCUT2D eigenvalue weighted by atomic mass is 16.5. The Morgan fingerprint density at radius 3 is 1.31 bits per heavy atom. The highest BCUT2D eigenvalue weighted by Crippen LogP contribution is 2.18. The lowest BCUT2D eigenvalue weighted by Crippen LogP contribution is -2.46. The topological polar surface area (TPSA) is 95.9 Å². The van der Waals surface area contributed by atoms with E-state index in [0.717, 1.165) is 77.0 Å². The van der Waals surface area contributed by atoms with Crippen LogP contribution < -0.4 is 5.32 Å². The van der Waals surface area contributed by atoms with Crippen molar-refractivity contribution in [2.24, 2.45) is 0 Å². The maximum absolute atomic E-state index is 13.2. The highest BCUT2D eigenvalue weighted by Gasteiger charge is 2.24. The van der Waals surface area contributed by atoms with Crippen LogP contribution in [0.4, 0.5) is 0 Å². The molecule has 61 heavy (non-hydrogen) atoms. The van der Waals surface area contributed by atoms with Gasteiger partial charge >= 0.3 is 5.97 Å². The Bertz CT molecular complexity index is 1010. The molecule has 6 heteroatoms. The first-order valence-electron chi connectivity index (χ1n) is 26.7. The molecule has 1 amide bonds. The zero-order valence-electron chi connectivity index (χ0n) is 40.8. The number of aliphatic hydroxyl groups is 2. The summed E-state index contributed by atoms with van der Waals surface area (Å²) in [6.45, 7) is 6.44. The molecule has 0 rings (SSSR count). The number of amides is 1. The van der Waals surface area contributed by atoms with Gasteiger partial charge in [-0.15, -0.1) is 0 Å². The lowest BCUT2D eigenvalue weighted by atomic mass is 10.0. The normalized spacial score (nSPS) is 13.5. The third-order valence-electron chi connectivity index (χ3n) is 12.2. The van der Waals surface area contributed by atoms with Crippen molar-refractivity contribution in [3.05, 3.63) is 36.5 Å². The molecule has 6 nitrogen and oxygen atoms in total. The van der Waals surface area contributed by atoms with Crippen LogP contribution in [0, 0.1) is 0 Å². The molecule has 0 heterocycles. The number of nitrogens with one attached hydrogen (secondary N) is 1. The first-order chi connectivity index (χ1) is 30.0. The van der Waals surface area contributed by atoms with Crippen molar-refractivity contribution in [3.63, 3.8) is 0 Å². The SMILES string of the molecule is CCCCC/C=C\C/C=C\CCCCCCCCCC(=O)OC(CCCCC/C=C\CCCCC)CC(=O)NC(CO)C(O)CCCCCCCCCCCCCCCCC. The smallest absolute Gasteiger partial charge is 0.306 e. The Morgan fingerprint density at radius 2 is 0.836 bits per heavy atom. The molecule has 0 fully saturated rings. The van der Waals surface area contributed by atoms with Crippen molar-refractivity contribution >= 4 is 11.9 Å². The molecule has 0 radical (unpaired) electrons. The zero-order chi connectivity index (χ0) is 44.5. The van der Waals surface area contributed by atoms with Gasteiger partial charge in [0, 0.05) is 6.42 Å². The molecule has 3 N–H and O–H groups in total. The first-order valence-corrected chi connectivity index (χ1v) is 26.7. The van der Waals surface area contributed by atoms with Crippen LogP contribution in [0.3, 0.4) is 0 Å². The molecule has 0 aromatic rings. The van der Waals surface area contributed by atoms with E-state index in [2.05, 4.69) is 62.5 Å². The van der Waals surface area contributed by atoms with Crippen LogP contribution in [-0.4, -0.2) is 46.9 Å². The predicted octanol–water partition coefficient (Wildman–Crippen LogP) is 16.1.